The summed E-state index contributed by atoms with van der Waals surface area (Å²) in [7, 11) is 0. The molecule has 0 N–H and O–H groups in total. The summed E-state index contributed by atoms with van der Waals surface area (Å²) < 4.78 is 2.08. The molecule has 3 aromatic rings. The number of rotatable bonds is 3. The van der Waals surface area contributed by atoms with Crippen molar-refractivity contribution in [2.24, 2.45) is 0 Å². The molecule has 4 heteroatoms. The van der Waals surface area contributed by atoms with Crippen LogP contribution in [0.25, 0.3) is 11.2 Å². The second-order valence-electron chi connectivity index (χ2n) is 4.59. The number of halogens is 1. The maximum atomic E-state index is 6.00. The van der Waals surface area contributed by atoms with Crippen molar-refractivity contribution in [2.45, 2.75) is 19.3 Å². The predicted octanol–water partition coefficient (Wildman–Crippen LogP) is 3.53. The van der Waals surface area contributed by atoms with Crippen molar-refractivity contribution in [3.05, 3.63) is 59.5 Å². The van der Waals surface area contributed by atoms with Crippen molar-refractivity contribution in [3.8, 4) is 0 Å². The molecule has 19 heavy (non-hydrogen) atoms. The molecule has 3 rings (SSSR count). The molecular weight excluding hydrogens is 258 g/mol. The van der Waals surface area contributed by atoms with Gasteiger partial charge in [0.15, 0.2) is 5.65 Å². The smallest absolute Gasteiger partial charge is 0.160 e. The third-order valence-electron chi connectivity index (χ3n) is 3.10. The van der Waals surface area contributed by atoms with Gasteiger partial charge < -0.3 is 4.57 Å². The van der Waals surface area contributed by atoms with Gasteiger partial charge in [-0.3, -0.25) is 0 Å². The zero-order chi connectivity index (χ0) is 13.2. The number of nitrogens with zero attached hydrogens (tertiary/aromatic N) is 3. The van der Waals surface area contributed by atoms with Crippen molar-refractivity contribution in [1.29, 1.82) is 0 Å². The van der Waals surface area contributed by atoms with Gasteiger partial charge >= 0.3 is 0 Å². The fraction of sp³-hybridized carbons (Fsp3) is 0.200. The quantitative estimate of drug-likeness (QED) is 0.683. The van der Waals surface area contributed by atoms with Crippen LogP contribution in [0.1, 0.15) is 17.0 Å². The zero-order valence-corrected chi connectivity index (χ0v) is 11.4. The first-order valence-electron chi connectivity index (χ1n) is 6.19. The maximum absolute atomic E-state index is 6.00. The summed E-state index contributed by atoms with van der Waals surface area (Å²) in [5.74, 6) is 1.25. The topological polar surface area (TPSA) is 30.7 Å². The number of imidazole rings is 1. The third kappa shape index (κ3) is 2.34. The van der Waals surface area contributed by atoms with Crippen molar-refractivity contribution in [3.63, 3.8) is 0 Å². The van der Waals surface area contributed by atoms with Crippen molar-refractivity contribution in [2.75, 3.05) is 0 Å². The second-order valence-corrected chi connectivity index (χ2v) is 4.86. The van der Waals surface area contributed by atoms with E-state index in [0.29, 0.717) is 5.88 Å². The molecule has 0 aliphatic carbocycles. The molecule has 0 saturated heterocycles. The number of benzene rings is 1. The second kappa shape index (κ2) is 5.02. The molecule has 0 aliphatic rings. The van der Waals surface area contributed by atoms with E-state index in [1.807, 2.05) is 37.4 Å². The molecular formula is C15H14ClN3. The van der Waals surface area contributed by atoms with E-state index in [-0.39, 0.29) is 0 Å². The fourth-order valence-electron chi connectivity index (χ4n) is 2.19. The molecule has 3 nitrogen and oxygen atoms in total. The minimum absolute atomic E-state index is 0.391. The molecule has 96 valence electrons. The molecule has 0 aliphatic heterocycles. The molecule has 0 bridgehead atoms. The summed E-state index contributed by atoms with van der Waals surface area (Å²) >= 11 is 6.00. The zero-order valence-electron chi connectivity index (χ0n) is 10.7. The number of fused-ring (bicyclic) bond motifs is 1. The van der Waals surface area contributed by atoms with Gasteiger partial charge in [0.25, 0.3) is 0 Å². The SMILES string of the molecule is Cc1cnc2c(c1)nc(CCl)n2Cc1ccccc1. The van der Waals surface area contributed by atoms with E-state index in [0.717, 1.165) is 29.1 Å². The van der Waals surface area contributed by atoms with Crippen molar-refractivity contribution < 1.29 is 0 Å². The summed E-state index contributed by atoms with van der Waals surface area (Å²) in [6.45, 7) is 2.76. The Morgan fingerprint density at radius 2 is 2.00 bits per heavy atom. The number of hydrogen-bond donors (Lipinski definition) is 0. The van der Waals surface area contributed by atoms with Gasteiger partial charge in [-0.25, -0.2) is 9.97 Å². The summed E-state index contributed by atoms with van der Waals surface area (Å²) in [6.07, 6.45) is 1.86. The largest absolute Gasteiger partial charge is 0.307 e. The standard InChI is InChI=1S/C15H14ClN3/c1-11-7-13-15(17-9-11)19(14(8-16)18-13)10-12-5-3-2-4-6-12/h2-7,9H,8,10H2,1H3. The van der Waals surface area contributed by atoms with Gasteiger partial charge in [0.1, 0.15) is 11.3 Å². The predicted molar refractivity (Wildman–Crippen MR) is 77.4 cm³/mol. The van der Waals surface area contributed by atoms with Gasteiger partial charge in [-0.1, -0.05) is 30.3 Å². The highest BCUT2D eigenvalue weighted by Crippen LogP contribution is 2.18. The highest BCUT2D eigenvalue weighted by atomic mass is 35.5. The van der Waals surface area contributed by atoms with Crippen LogP contribution in [-0.2, 0) is 12.4 Å². The minimum atomic E-state index is 0.391. The lowest BCUT2D eigenvalue weighted by molar-refractivity contribution is 0.770. The van der Waals surface area contributed by atoms with Crippen LogP contribution in [0.3, 0.4) is 0 Å². The van der Waals surface area contributed by atoms with E-state index < -0.39 is 0 Å². The van der Waals surface area contributed by atoms with E-state index in [2.05, 4.69) is 26.7 Å². The van der Waals surface area contributed by atoms with E-state index in [4.69, 9.17) is 11.6 Å². The molecule has 0 radical (unpaired) electrons. The maximum Gasteiger partial charge on any atom is 0.160 e. The Bertz CT molecular complexity index is 704. The minimum Gasteiger partial charge on any atom is -0.307 e. The molecule has 0 fully saturated rings. The van der Waals surface area contributed by atoms with Crippen LogP contribution in [-0.4, -0.2) is 14.5 Å². The number of alkyl halides is 1. The van der Waals surface area contributed by atoms with Crippen LogP contribution in [0.5, 0.6) is 0 Å². The Balaban J connectivity index is 2.11. The lowest BCUT2D eigenvalue weighted by atomic mass is 10.2. The Labute approximate surface area is 116 Å². The molecule has 0 amide bonds. The first-order valence-corrected chi connectivity index (χ1v) is 6.73. The van der Waals surface area contributed by atoms with Gasteiger partial charge in [-0.15, -0.1) is 11.6 Å². The summed E-state index contributed by atoms with van der Waals surface area (Å²) in [6, 6.07) is 12.3. The number of aryl methyl sites for hydroxylation is 1. The lowest BCUT2D eigenvalue weighted by Gasteiger charge is -2.07. The van der Waals surface area contributed by atoms with Crippen LogP contribution >= 0.6 is 11.6 Å². The van der Waals surface area contributed by atoms with Gasteiger partial charge in [-0.2, -0.15) is 0 Å². The lowest BCUT2D eigenvalue weighted by Crippen LogP contribution is -2.04. The average molecular weight is 272 g/mol. The number of pyridine rings is 1. The van der Waals surface area contributed by atoms with E-state index in [9.17, 15) is 0 Å². The van der Waals surface area contributed by atoms with Crippen LogP contribution in [0.4, 0.5) is 0 Å². The van der Waals surface area contributed by atoms with Crippen molar-refractivity contribution >= 4 is 22.8 Å². The normalized spacial score (nSPS) is 11.1. The molecule has 2 aromatic heterocycles. The molecule has 0 spiro atoms. The van der Waals surface area contributed by atoms with Gasteiger partial charge in [-0.05, 0) is 24.1 Å². The first-order chi connectivity index (χ1) is 9.28. The Morgan fingerprint density at radius 3 is 2.74 bits per heavy atom. The highest BCUT2D eigenvalue weighted by molar-refractivity contribution is 6.16. The first kappa shape index (κ1) is 12.2. The molecule has 0 atom stereocenters. The van der Waals surface area contributed by atoms with Crippen molar-refractivity contribution in [1.82, 2.24) is 14.5 Å². The van der Waals surface area contributed by atoms with Crippen LogP contribution < -0.4 is 0 Å². The van der Waals surface area contributed by atoms with E-state index in [1.54, 1.807) is 0 Å². The van der Waals surface area contributed by atoms with E-state index in [1.165, 1.54) is 5.56 Å². The number of hydrogen-bond acceptors (Lipinski definition) is 2. The average Bonchev–Trinajstić information content (AvgIpc) is 2.77. The summed E-state index contributed by atoms with van der Waals surface area (Å²) in [5, 5.41) is 0. The summed E-state index contributed by atoms with van der Waals surface area (Å²) in [4.78, 5) is 9.04. The summed E-state index contributed by atoms with van der Waals surface area (Å²) in [5.41, 5.74) is 4.13. The third-order valence-corrected chi connectivity index (χ3v) is 3.34. The van der Waals surface area contributed by atoms with Crippen LogP contribution in [0, 0.1) is 6.92 Å². The van der Waals surface area contributed by atoms with Gasteiger partial charge in [0, 0.05) is 6.20 Å². The number of aromatic nitrogens is 3. The Morgan fingerprint density at radius 1 is 1.21 bits per heavy atom. The molecule has 0 saturated carbocycles. The van der Waals surface area contributed by atoms with Crippen LogP contribution in [0.2, 0.25) is 0 Å². The molecule has 1 aromatic carbocycles. The monoisotopic (exact) mass is 271 g/mol. The van der Waals surface area contributed by atoms with Crippen LogP contribution in [0.15, 0.2) is 42.6 Å². The Hall–Kier alpha value is -1.87. The van der Waals surface area contributed by atoms with Gasteiger partial charge in [0.05, 0.1) is 12.4 Å². The molecule has 2 heterocycles. The van der Waals surface area contributed by atoms with E-state index >= 15 is 0 Å². The fourth-order valence-corrected chi connectivity index (χ4v) is 2.40. The molecule has 0 unspecified atom stereocenters. The van der Waals surface area contributed by atoms with Gasteiger partial charge in [0.2, 0.25) is 0 Å². The Kier molecular flexibility index (Phi) is 3.22. The highest BCUT2D eigenvalue weighted by Gasteiger charge is 2.11.